The summed E-state index contributed by atoms with van der Waals surface area (Å²) in [7, 11) is 0. The number of ether oxygens (including phenoxy) is 3. The average Bonchev–Trinajstić information content (AvgIpc) is 2.92. The van der Waals surface area contributed by atoms with E-state index >= 15 is 0 Å². The van der Waals surface area contributed by atoms with Crippen LogP contribution in [0.1, 0.15) is 51.9 Å². The maximum Gasteiger partial charge on any atom is 0.157 e. The summed E-state index contributed by atoms with van der Waals surface area (Å²) in [6.07, 6.45) is 7.06. The smallest absolute Gasteiger partial charge is 0.157 e. The maximum absolute atomic E-state index is 6.48. The summed E-state index contributed by atoms with van der Waals surface area (Å²) in [5, 5.41) is 0.172. The fourth-order valence-electron chi connectivity index (χ4n) is 3.23. The number of alkyl halides is 1. The second-order valence-corrected chi connectivity index (χ2v) is 8.97. The van der Waals surface area contributed by atoms with Crippen molar-refractivity contribution in [2.75, 3.05) is 13.2 Å². The molecule has 2 saturated heterocycles. The highest BCUT2D eigenvalue weighted by molar-refractivity contribution is 14.1. The van der Waals surface area contributed by atoms with Crippen molar-refractivity contribution in [1.82, 2.24) is 0 Å². The minimum atomic E-state index is -0.0512. The first-order valence-electron chi connectivity index (χ1n) is 9.00. The van der Waals surface area contributed by atoms with Gasteiger partial charge in [-0.1, -0.05) is 20.1 Å². The zero-order valence-corrected chi connectivity index (χ0v) is 17.6. The third kappa shape index (κ3) is 6.94. The van der Waals surface area contributed by atoms with Crippen LogP contribution >= 0.6 is 34.2 Å². The van der Waals surface area contributed by atoms with Crippen molar-refractivity contribution in [3.05, 3.63) is 22.3 Å². The summed E-state index contributed by atoms with van der Waals surface area (Å²) in [4.78, 5) is 0. The van der Waals surface area contributed by atoms with Crippen LogP contribution in [0.25, 0.3) is 0 Å². The molecule has 0 saturated carbocycles. The quantitative estimate of drug-likeness (QED) is 0.250. The molecule has 0 bridgehead atoms. The highest BCUT2D eigenvalue weighted by Gasteiger charge is 2.30. The van der Waals surface area contributed by atoms with Crippen molar-refractivity contribution in [3.8, 4) is 0 Å². The van der Waals surface area contributed by atoms with Crippen molar-refractivity contribution in [1.29, 1.82) is 0 Å². The van der Waals surface area contributed by atoms with Gasteiger partial charge in [-0.25, -0.2) is 0 Å². The van der Waals surface area contributed by atoms with Gasteiger partial charge < -0.3 is 14.2 Å². The van der Waals surface area contributed by atoms with Crippen LogP contribution in [-0.4, -0.2) is 37.1 Å². The molecule has 3 nitrogen and oxygen atoms in total. The summed E-state index contributed by atoms with van der Waals surface area (Å²) in [5.74, 6) is 0.462. The van der Waals surface area contributed by atoms with E-state index < -0.39 is 0 Å². The molecule has 4 atom stereocenters. The molecule has 5 heteroatoms. The standard InChI is InChI=1S/C19H30ClIO3/c1-13(15(3)21)11-16(20)5-7-18-14(2)12-17(24-18)6-8-19-22-9-4-10-23-19/h13,16-19H,2-12H2,1H3/t13-,16-,17-,18-/m0/s1. The second-order valence-electron chi connectivity index (χ2n) is 6.97. The van der Waals surface area contributed by atoms with E-state index in [1.54, 1.807) is 0 Å². The van der Waals surface area contributed by atoms with Gasteiger partial charge in [-0.15, -0.1) is 11.6 Å². The predicted octanol–water partition coefficient (Wildman–Crippen LogP) is 5.61. The van der Waals surface area contributed by atoms with E-state index in [4.69, 9.17) is 25.8 Å². The van der Waals surface area contributed by atoms with Crippen LogP contribution in [0.15, 0.2) is 22.3 Å². The Morgan fingerprint density at radius 2 is 2.00 bits per heavy atom. The lowest BCUT2D eigenvalue weighted by Crippen LogP contribution is -2.26. The van der Waals surface area contributed by atoms with Crippen LogP contribution in [0.4, 0.5) is 0 Å². The highest BCUT2D eigenvalue weighted by Crippen LogP contribution is 2.32. The zero-order chi connectivity index (χ0) is 17.5. The fourth-order valence-corrected chi connectivity index (χ4v) is 3.88. The Balaban J connectivity index is 1.65. The third-order valence-corrected chi connectivity index (χ3v) is 6.27. The van der Waals surface area contributed by atoms with Gasteiger partial charge in [0.1, 0.15) is 0 Å². The van der Waals surface area contributed by atoms with Gasteiger partial charge in [0.2, 0.25) is 0 Å². The van der Waals surface area contributed by atoms with Gasteiger partial charge in [-0.2, -0.15) is 0 Å². The Hall–Kier alpha value is 0.380. The van der Waals surface area contributed by atoms with E-state index in [0.717, 1.165) is 58.2 Å². The van der Waals surface area contributed by atoms with Gasteiger partial charge >= 0.3 is 0 Å². The molecule has 2 aliphatic heterocycles. The van der Waals surface area contributed by atoms with Crippen molar-refractivity contribution < 1.29 is 14.2 Å². The Bertz CT molecular complexity index is 423. The third-order valence-electron chi connectivity index (χ3n) is 4.81. The molecular weight excluding hydrogens is 439 g/mol. The molecule has 0 aromatic carbocycles. The Labute approximate surface area is 165 Å². The fraction of sp³-hybridized carbons (Fsp3) is 0.789. The summed E-state index contributed by atoms with van der Waals surface area (Å²) >= 11 is 8.77. The summed E-state index contributed by atoms with van der Waals surface area (Å²) in [5.41, 5.74) is 1.21. The van der Waals surface area contributed by atoms with Gasteiger partial charge in [-0.05, 0) is 76.2 Å². The average molecular weight is 469 g/mol. The monoisotopic (exact) mass is 468 g/mol. The van der Waals surface area contributed by atoms with Crippen LogP contribution in [0.3, 0.4) is 0 Å². The van der Waals surface area contributed by atoms with E-state index in [2.05, 4.69) is 42.7 Å². The van der Waals surface area contributed by atoms with Crippen LogP contribution in [0.5, 0.6) is 0 Å². The molecule has 0 aromatic rings. The maximum atomic E-state index is 6.48. The Morgan fingerprint density at radius 1 is 1.29 bits per heavy atom. The number of halogens is 2. The summed E-state index contributed by atoms with van der Waals surface area (Å²) in [6, 6.07) is 0. The topological polar surface area (TPSA) is 27.7 Å². The molecule has 0 unspecified atom stereocenters. The molecule has 0 aromatic heterocycles. The normalized spacial score (nSPS) is 28.0. The zero-order valence-electron chi connectivity index (χ0n) is 14.6. The highest BCUT2D eigenvalue weighted by atomic mass is 127. The minimum Gasteiger partial charge on any atom is -0.370 e. The molecule has 24 heavy (non-hydrogen) atoms. The SMILES string of the molecule is C=C1C[C@H](CCC2OCCCO2)O[C@H]1CC[C@H](Cl)C[C@H](C)C(=C)I. The first-order valence-corrected chi connectivity index (χ1v) is 10.5. The van der Waals surface area contributed by atoms with E-state index in [0.29, 0.717) is 5.92 Å². The molecule has 0 spiro atoms. The number of rotatable bonds is 9. The molecule has 2 heterocycles. The van der Waals surface area contributed by atoms with Crippen LogP contribution < -0.4 is 0 Å². The van der Waals surface area contributed by atoms with E-state index in [-0.39, 0.29) is 23.9 Å². The molecule has 2 rings (SSSR count). The van der Waals surface area contributed by atoms with Gasteiger partial charge in [0.15, 0.2) is 6.29 Å². The van der Waals surface area contributed by atoms with E-state index in [1.165, 1.54) is 9.15 Å². The lowest BCUT2D eigenvalue weighted by Gasteiger charge is -2.24. The van der Waals surface area contributed by atoms with Crippen molar-refractivity contribution in [2.24, 2.45) is 5.92 Å². The van der Waals surface area contributed by atoms with E-state index in [9.17, 15) is 0 Å². The van der Waals surface area contributed by atoms with Gasteiger partial charge in [0, 0.05) is 11.8 Å². The summed E-state index contributed by atoms with van der Waals surface area (Å²) in [6.45, 7) is 12.0. The van der Waals surface area contributed by atoms with Crippen LogP contribution in [-0.2, 0) is 14.2 Å². The largest absolute Gasteiger partial charge is 0.370 e. The Kier molecular flexibility index (Phi) is 9.06. The number of hydrogen-bond acceptors (Lipinski definition) is 3. The summed E-state index contributed by atoms with van der Waals surface area (Å²) < 4.78 is 18.6. The molecule has 0 amide bonds. The van der Waals surface area contributed by atoms with Crippen LogP contribution in [0.2, 0.25) is 0 Å². The lowest BCUT2D eigenvalue weighted by atomic mass is 9.99. The predicted molar refractivity (Wildman–Crippen MR) is 108 cm³/mol. The first-order chi connectivity index (χ1) is 11.5. The number of allylic oxidation sites excluding steroid dienone is 1. The molecule has 2 fully saturated rings. The molecule has 0 N–H and O–H groups in total. The molecule has 2 aliphatic rings. The minimum absolute atomic E-state index is 0.0512. The van der Waals surface area contributed by atoms with Gasteiger partial charge in [0.25, 0.3) is 0 Å². The van der Waals surface area contributed by atoms with Crippen molar-refractivity contribution in [2.45, 2.75) is 75.7 Å². The molecule has 138 valence electrons. The lowest BCUT2D eigenvalue weighted by molar-refractivity contribution is -0.184. The molecule has 0 aliphatic carbocycles. The molecular formula is C19H30ClIO3. The van der Waals surface area contributed by atoms with Crippen molar-refractivity contribution in [3.63, 3.8) is 0 Å². The first kappa shape index (κ1) is 20.7. The van der Waals surface area contributed by atoms with Gasteiger partial charge in [0.05, 0.1) is 25.4 Å². The number of hydrogen-bond donors (Lipinski definition) is 0. The van der Waals surface area contributed by atoms with E-state index in [1.807, 2.05) is 0 Å². The van der Waals surface area contributed by atoms with Crippen molar-refractivity contribution >= 4 is 34.2 Å². The van der Waals surface area contributed by atoms with Crippen LogP contribution in [0, 0.1) is 5.92 Å². The van der Waals surface area contributed by atoms with Gasteiger partial charge in [-0.3, -0.25) is 0 Å². The second kappa shape index (κ2) is 10.5. The molecule has 0 radical (unpaired) electrons. The Morgan fingerprint density at radius 3 is 2.67 bits per heavy atom.